The van der Waals surface area contributed by atoms with Crippen molar-refractivity contribution in [1.29, 1.82) is 0 Å². The van der Waals surface area contributed by atoms with E-state index in [4.69, 9.17) is 5.11 Å². The Morgan fingerprint density at radius 3 is 2.73 bits per heavy atom. The van der Waals surface area contributed by atoms with E-state index in [-0.39, 0.29) is 12.5 Å². The zero-order chi connectivity index (χ0) is 11.4. The van der Waals surface area contributed by atoms with Gasteiger partial charge in [-0.3, -0.25) is 9.59 Å². The maximum absolute atomic E-state index is 11.7. The number of carboxylic acid groups (broad SMARTS) is 1. The molecule has 1 heterocycles. The number of amides is 1. The van der Waals surface area contributed by atoms with Crippen LogP contribution in [0.4, 0.5) is 0 Å². The quantitative estimate of drug-likeness (QED) is 0.718. The third-order valence-electron chi connectivity index (χ3n) is 1.94. The van der Waals surface area contributed by atoms with Gasteiger partial charge in [-0.25, -0.2) is 9.67 Å². The predicted octanol–water partition coefficient (Wildman–Crippen LogP) is -0.618. The van der Waals surface area contributed by atoms with Crippen LogP contribution in [0.2, 0.25) is 0 Å². The normalized spacial score (nSPS) is 12.1. The Morgan fingerprint density at radius 2 is 2.27 bits per heavy atom. The maximum atomic E-state index is 11.7. The molecule has 1 N–H and O–H groups in total. The lowest BCUT2D eigenvalue weighted by molar-refractivity contribution is -0.144. The summed E-state index contributed by atoms with van der Waals surface area (Å²) < 4.78 is 1.38. The van der Waals surface area contributed by atoms with Gasteiger partial charge in [-0.1, -0.05) is 0 Å². The van der Waals surface area contributed by atoms with Gasteiger partial charge in [0.2, 0.25) is 5.91 Å². The van der Waals surface area contributed by atoms with E-state index in [0.717, 1.165) is 4.90 Å². The molecule has 15 heavy (non-hydrogen) atoms. The molecule has 0 fully saturated rings. The second-order valence-electron chi connectivity index (χ2n) is 3.14. The van der Waals surface area contributed by atoms with Gasteiger partial charge in [-0.05, 0) is 6.92 Å². The Balaban J connectivity index is 2.64. The summed E-state index contributed by atoms with van der Waals surface area (Å²) in [5, 5.41) is 12.3. The van der Waals surface area contributed by atoms with Crippen LogP contribution in [0.5, 0.6) is 0 Å². The van der Waals surface area contributed by atoms with E-state index < -0.39 is 12.0 Å². The number of hydrogen-bond donors (Lipinski definition) is 1. The summed E-state index contributed by atoms with van der Waals surface area (Å²) in [6, 6.07) is -0.545. The molecular weight excluding hydrogens is 200 g/mol. The number of carboxylic acids is 1. The molecule has 7 heteroatoms. The molecule has 0 aliphatic carbocycles. The second-order valence-corrected chi connectivity index (χ2v) is 3.14. The summed E-state index contributed by atoms with van der Waals surface area (Å²) in [7, 11) is 1.43. The van der Waals surface area contributed by atoms with Crippen LogP contribution in [0.15, 0.2) is 12.7 Å². The van der Waals surface area contributed by atoms with Crippen molar-refractivity contribution in [3.63, 3.8) is 0 Å². The van der Waals surface area contributed by atoms with Gasteiger partial charge < -0.3 is 10.0 Å². The SMILES string of the molecule is CC(C(=O)N(C)CC(=O)O)n1cncn1. The highest BCUT2D eigenvalue weighted by Crippen LogP contribution is 2.05. The zero-order valence-electron chi connectivity index (χ0n) is 8.49. The van der Waals surface area contributed by atoms with Gasteiger partial charge >= 0.3 is 5.97 Å². The van der Waals surface area contributed by atoms with E-state index >= 15 is 0 Å². The van der Waals surface area contributed by atoms with Crippen LogP contribution < -0.4 is 0 Å². The fourth-order valence-corrected chi connectivity index (χ4v) is 1.13. The minimum absolute atomic E-state index is 0.317. The number of carbonyl (C=O) groups is 2. The summed E-state index contributed by atoms with van der Waals surface area (Å²) in [6.45, 7) is 1.31. The third kappa shape index (κ3) is 2.76. The van der Waals surface area contributed by atoms with E-state index in [0.29, 0.717) is 0 Å². The lowest BCUT2D eigenvalue weighted by Gasteiger charge is -2.19. The Morgan fingerprint density at radius 1 is 1.60 bits per heavy atom. The Hall–Kier alpha value is -1.92. The van der Waals surface area contributed by atoms with Crippen LogP contribution in [0.25, 0.3) is 0 Å². The fraction of sp³-hybridized carbons (Fsp3) is 0.500. The van der Waals surface area contributed by atoms with Crippen molar-refractivity contribution in [1.82, 2.24) is 19.7 Å². The van der Waals surface area contributed by atoms with Crippen LogP contribution in [-0.2, 0) is 9.59 Å². The molecule has 0 saturated heterocycles. The number of nitrogens with zero attached hydrogens (tertiary/aromatic N) is 4. The van der Waals surface area contributed by atoms with Gasteiger partial charge in [0.15, 0.2) is 0 Å². The van der Waals surface area contributed by atoms with Crippen molar-refractivity contribution in [2.75, 3.05) is 13.6 Å². The largest absolute Gasteiger partial charge is 0.480 e. The summed E-state index contributed by atoms with van der Waals surface area (Å²) >= 11 is 0. The Bertz CT molecular complexity index is 349. The summed E-state index contributed by atoms with van der Waals surface area (Å²) in [4.78, 5) is 26.9. The summed E-state index contributed by atoms with van der Waals surface area (Å²) in [5.74, 6) is -1.36. The highest BCUT2D eigenvalue weighted by molar-refractivity contribution is 5.83. The van der Waals surface area contributed by atoms with E-state index in [9.17, 15) is 9.59 Å². The molecule has 1 unspecified atom stereocenters. The first-order valence-electron chi connectivity index (χ1n) is 4.33. The molecule has 1 atom stereocenters. The van der Waals surface area contributed by atoms with Crippen molar-refractivity contribution in [3.05, 3.63) is 12.7 Å². The molecule has 0 aromatic carbocycles. The molecule has 0 saturated carbocycles. The first kappa shape index (κ1) is 11.2. The van der Waals surface area contributed by atoms with Crippen LogP contribution >= 0.6 is 0 Å². The number of likely N-dealkylation sites (N-methyl/N-ethyl adjacent to an activating group) is 1. The first-order valence-corrected chi connectivity index (χ1v) is 4.33. The maximum Gasteiger partial charge on any atom is 0.323 e. The molecule has 0 spiro atoms. The topological polar surface area (TPSA) is 88.3 Å². The van der Waals surface area contributed by atoms with Crippen molar-refractivity contribution >= 4 is 11.9 Å². The van der Waals surface area contributed by atoms with Crippen LogP contribution in [0.1, 0.15) is 13.0 Å². The molecule has 1 rings (SSSR count). The number of rotatable bonds is 4. The molecule has 82 valence electrons. The van der Waals surface area contributed by atoms with Crippen molar-refractivity contribution in [3.8, 4) is 0 Å². The van der Waals surface area contributed by atoms with Crippen LogP contribution in [0, 0.1) is 0 Å². The summed E-state index contributed by atoms with van der Waals surface area (Å²) in [5.41, 5.74) is 0. The van der Waals surface area contributed by atoms with E-state index in [1.54, 1.807) is 6.92 Å². The monoisotopic (exact) mass is 212 g/mol. The minimum atomic E-state index is -1.04. The third-order valence-corrected chi connectivity index (χ3v) is 1.94. The molecule has 0 aliphatic heterocycles. The average Bonchev–Trinajstić information content (AvgIpc) is 2.67. The Kier molecular flexibility index (Phi) is 3.37. The molecule has 7 nitrogen and oxygen atoms in total. The van der Waals surface area contributed by atoms with Gasteiger partial charge in [0.1, 0.15) is 25.2 Å². The fourth-order valence-electron chi connectivity index (χ4n) is 1.13. The molecule has 1 aromatic rings. The zero-order valence-corrected chi connectivity index (χ0v) is 8.49. The molecule has 0 radical (unpaired) electrons. The lowest BCUT2D eigenvalue weighted by atomic mass is 10.3. The molecule has 0 bridgehead atoms. The molecule has 1 aromatic heterocycles. The average molecular weight is 212 g/mol. The van der Waals surface area contributed by atoms with Crippen LogP contribution in [0.3, 0.4) is 0 Å². The number of aromatic nitrogens is 3. The lowest BCUT2D eigenvalue weighted by Crippen LogP contribution is -2.36. The molecular formula is C8H12N4O3. The predicted molar refractivity (Wildman–Crippen MR) is 50.0 cm³/mol. The highest BCUT2D eigenvalue weighted by Gasteiger charge is 2.20. The highest BCUT2D eigenvalue weighted by atomic mass is 16.4. The van der Waals surface area contributed by atoms with Gasteiger partial charge in [0.25, 0.3) is 0 Å². The van der Waals surface area contributed by atoms with E-state index in [1.165, 1.54) is 24.4 Å². The number of aliphatic carboxylic acids is 1. The number of hydrogen-bond acceptors (Lipinski definition) is 4. The second kappa shape index (κ2) is 4.54. The smallest absolute Gasteiger partial charge is 0.323 e. The Labute approximate surface area is 86.3 Å². The van der Waals surface area contributed by atoms with Gasteiger partial charge in [0.05, 0.1) is 0 Å². The summed E-state index contributed by atoms with van der Waals surface area (Å²) in [6.07, 6.45) is 2.73. The van der Waals surface area contributed by atoms with Gasteiger partial charge in [-0.15, -0.1) is 0 Å². The van der Waals surface area contributed by atoms with Crippen molar-refractivity contribution in [2.45, 2.75) is 13.0 Å². The van der Waals surface area contributed by atoms with Crippen molar-refractivity contribution in [2.24, 2.45) is 0 Å². The van der Waals surface area contributed by atoms with E-state index in [1.807, 2.05) is 0 Å². The standard InChI is InChI=1S/C8H12N4O3/c1-6(12-5-9-4-10-12)8(15)11(2)3-7(13)14/h4-6H,3H2,1-2H3,(H,13,14). The van der Waals surface area contributed by atoms with E-state index in [2.05, 4.69) is 10.1 Å². The molecule has 0 aliphatic rings. The van der Waals surface area contributed by atoms with Crippen LogP contribution in [-0.4, -0.2) is 50.2 Å². The van der Waals surface area contributed by atoms with Gasteiger partial charge in [0, 0.05) is 7.05 Å². The van der Waals surface area contributed by atoms with Crippen molar-refractivity contribution < 1.29 is 14.7 Å². The number of carbonyl (C=O) groups excluding carboxylic acids is 1. The molecule has 1 amide bonds. The first-order chi connectivity index (χ1) is 7.02. The van der Waals surface area contributed by atoms with Gasteiger partial charge in [-0.2, -0.15) is 5.10 Å². The minimum Gasteiger partial charge on any atom is -0.480 e.